The highest BCUT2D eigenvalue weighted by atomic mass is 32.1. The number of rotatable bonds is 4. The van der Waals surface area contributed by atoms with Gasteiger partial charge in [-0.05, 0) is 27.7 Å². The Kier molecular flexibility index (Phi) is 3.70. The van der Waals surface area contributed by atoms with Gasteiger partial charge in [0.1, 0.15) is 0 Å². The van der Waals surface area contributed by atoms with Gasteiger partial charge in [-0.2, -0.15) is 0 Å². The summed E-state index contributed by atoms with van der Waals surface area (Å²) in [5, 5.41) is 2.88. The highest BCUT2D eigenvalue weighted by Gasteiger charge is 2.40. The summed E-state index contributed by atoms with van der Waals surface area (Å²) >= 11 is 1.53. The summed E-state index contributed by atoms with van der Waals surface area (Å²) in [5.74, 6) is -0.0339. The van der Waals surface area contributed by atoms with Crippen molar-refractivity contribution in [2.75, 3.05) is 0 Å². The molecule has 0 fully saturated rings. The van der Waals surface area contributed by atoms with Crippen LogP contribution >= 0.6 is 11.3 Å². The normalized spacial score (nSPS) is 12.6. The fourth-order valence-corrected chi connectivity index (χ4v) is 1.54. The van der Waals surface area contributed by atoms with Gasteiger partial charge in [0.15, 0.2) is 0 Å². The summed E-state index contributed by atoms with van der Waals surface area (Å²) in [6, 6.07) is 0. The van der Waals surface area contributed by atoms with Crippen LogP contribution in [0, 0.1) is 5.41 Å². The van der Waals surface area contributed by atoms with Crippen LogP contribution in [0.25, 0.3) is 0 Å². The molecule has 90 valence electrons. The number of nitrogens with one attached hydrogen (secondary N) is 1. The highest BCUT2D eigenvalue weighted by Crippen LogP contribution is 2.28. The van der Waals surface area contributed by atoms with Crippen molar-refractivity contribution in [2.24, 2.45) is 11.1 Å². The fraction of sp³-hybridized carbons (Fsp3) is 0.636. The third-order valence-corrected chi connectivity index (χ3v) is 3.86. The van der Waals surface area contributed by atoms with Gasteiger partial charge in [0.2, 0.25) is 5.91 Å². The van der Waals surface area contributed by atoms with Gasteiger partial charge in [0.05, 0.1) is 17.5 Å². The van der Waals surface area contributed by atoms with E-state index in [1.807, 2.05) is 27.7 Å². The second kappa shape index (κ2) is 4.51. The second-order valence-corrected chi connectivity index (χ2v) is 5.97. The molecule has 0 aliphatic heterocycles. The lowest BCUT2D eigenvalue weighted by atomic mass is 9.74. The SMILES string of the molecule is CC(C)(N)C(C)(C)C(=O)NCc1cncs1. The van der Waals surface area contributed by atoms with E-state index in [0.29, 0.717) is 6.54 Å². The van der Waals surface area contributed by atoms with Crippen molar-refractivity contribution in [1.29, 1.82) is 0 Å². The van der Waals surface area contributed by atoms with Crippen LogP contribution in [0.1, 0.15) is 32.6 Å². The zero-order valence-electron chi connectivity index (χ0n) is 10.2. The molecule has 0 unspecified atom stereocenters. The molecule has 0 aliphatic carbocycles. The van der Waals surface area contributed by atoms with E-state index in [1.54, 1.807) is 11.7 Å². The Labute approximate surface area is 100 Å². The number of carbonyl (C=O) groups is 1. The predicted octanol–water partition coefficient (Wildman–Crippen LogP) is 1.52. The predicted molar refractivity (Wildman–Crippen MR) is 66.0 cm³/mol. The van der Waals surface area contributed by atoms with Crippen LogP contribution in [-0.2, 0) is 11.3 Å². The maximum atomic E-state index is 12.0. The summed E-state index contributed by atoms with van der Waals surface area (Å²) < 4.78 is 0. The first-order valence-corrected chi connectivity index (χ1v) is 6.07. The van der Waals surface area contributed by atoms with E-state index in [0.717, 1.165) is 4.88 Å². The average Bonchev–Trinajstić information content (AvgIpc) is 2.64. The summed E-state index contributed by atoms with van der Waals surface area (Å²) in [7, 11) is 0. The van der Waals surface area contributed by atoms with E-state index in [9.17, 15) is 4.79 Å². The molecular weight excluding hydrogens is 222 g/mol. The van der Waals surface area contributed by atoms with Crippen LogP contribution in [0.5, 0.6) is 0 Å². The van der Waals surface area contributed by atoms with Crippen LogP contribution in [0.15, 0.2) is 11.7 Å². The fourth-order valence-electron chi connectivity index (χ4n) is 1.01. The van der Waals surface area contributed by atoms with Crippen LogP contribution in [0.4, 0.5) is 0 Å². The van der Waals surface area contributed by atoms with Gasteiger partial charge < -0.3 is 11.1 Å². The van der Waals surface area contributed by atoms with Crippen molar-refractivity contribution in [3.05, 3.63) is 16.6 Å². The molecule has 0 bridgehead atoms. The van der Waals surface area contributed by atoms with E-state index in [4.69, 9.17) is 5.73 Å². The number of nitrogens with two attached hydrogens (primary N) is 1. The molecule has 1 heterocycles. The topological polar surface area (TPSA) is 68.0 Å². The van der Waals surface area contributed by atoms with Crippen LogP contribution in [0.2, 0.25) is 0 Å². The molecule has 16 heavy (non-hydrogen) atoms. The quantitative estimate of drug-likeness (QED) is 0.840. The van der Waals surface area contributed by atoms with E-state index >= 15 is 0 Å². The van der Waals surface area contributed by atoms with Gasteiger partial charge >= 0.3 is 0 Å². The molecular formula is C11H19N3OS. The maximum Gasteiger partial charge on any atom is 0.227 e. The molecule has 0 saturated carbocycles. The minimum Gasteiger partial charge on any atom is -0.351 e. The van der Waals surface area contributed by atoms with E-state index < -0.39 is 11.0 Å². The van der Waals surface area contributed by atoms with Crippen molar-refractivity contribution < 1.29 is 4.79 Å². The molecule has 0 aromatic carbocycles. The lowest BCUT2D eigenvalue weighted by molar-refractivity contribution is -0.132. The summed E-state index contributed by atoms with van der Waals surface area (Å²) in [4.78, 5) is 17.0. The molecule has 5 heteroatoms. The average molecular weight is 241 g/mol. The second-order valence-electron chi connectivity index (χ2n) is 5.00. The van der Waals surface area contributed by atoms with Crippen LogP contribution < -0.4 is 11.1 Å². The van der Waals surface area contributed by atoms with E-state index in [1.165, 1.54) is 11.3 Å². The van der Waals surface area contributed by atoms with E-state index in [2.05, 4.69) is 10.3 Å². The molecule has 0 spiro atoms. The Balaban J connectivity index is 2.59. The third-order valence-electron chi connectivity index (χ3n) is 3.09. The van der Waals surface area contributed by atoms with Crippen molar-refractivity contribution in [2.45, 2.75) is 39.8 Å². The number of aromatic nitrogens is 1. The summed E-state index contributed by atoms with van der Waals surface area (Å²) in [6.07, 6.45) is 1.76. The number of carbonyl (C=O) groups excluding carboxylic acids is 1. The molecule has 1 rings (SSSR count). The van der Waals surface area contributed by atoms with Gasteiger partial charge in [-0.1, -0.05) is 0 Å². The molecule has 4 nitrogen and oxygen atoms in total. The van der Waals surface area contributed by atoms with Crippen molar-refractivity contribution in [3.63, 3.8) is 0 Å². The molecule has 1 amide bonds. The Bertz CT molecular complexity index is 352. The highest BCUT2D eigenvalue weighted by molar-refractivity contribution is 7.09. The number of thiazole rings is 1. The molecule has 3 N–H and O–H groups in total. The minimum atomic E-state index is -0.600. The Hall–Kier alpha value is -0.940. The summed E-state index contributed by atoms with van der Waals surface area (Å²) in [6.45, 7) is 7.95. The third kappa shape index (κ3) is 2.80. The minimum absolute atomic E-state index is 0.0339. The Morgan fingerprint density at radius 3 is 2.56 bits per heavy atom. The molecule has 1 aromatic heterocycles. The zero-order valence-corrected chi connectivity index (χ0v) is 11.0. The van der Waals surface area contributed by atoms with Crippen LogP contribution in [0.3, 0.4) is 0 Å². The standard InChI is InChI=1S/C11H19N3OS/c1-10(2,11(3,4)12)9(15)14-6-8-5-13-7-16-8/h5,7H,6,12H2,1-4H3,(H,14,15). The van der Waals surface area contributed by atoms with Crippen molar-refractivity contribution in [1.82, 2.24) is 10.3 Å². The Morgan fingerprint density at radius 2 is 2.12 bits per heavy atom. The molecule has 0 atom stereocenters. The Morgan fingerprint density at radius 1 is 1.50 bits per heavy atom. The smallest absolute Gasteiger partial charge is 0.227 e. The lowest BCUT2D eigenvalue weighted by Gasteiger charge is -2.36. The molecule has 0 radical (unpaired) electrons. The monoisotopic (exact) mass is 241 g/mol. The first-order chi connectivity index (χ1) is 7.25. The van der Waals surface area contributed by atoms with Gasteiger partial charge in [-0.15, -0.1) is 11.3 Å². The van der Waals surface area contributed by atoms with Crippen molar-refractivity contribution >= 4 is 17.2 Å². The van der Waals surface area contributed by atoms with E-state index in [-0.39, 0.29) is 5.91 Å². The zero-order chi connectivity index (χ0) is 12.4. The van der Waals surface area contributed by atoms with Gasteiger partial charge in [-0.25, -0.2) is 0 Å². The van der Waals surface area contributed by atoms with Gasteiger partial charge in [0, 0.05) is 16.6 Å². The van der Waals surface area contributed by atoms with Crippen LogP contribution in [-0.4, -0.2) is 16.4 Å². The first kappa shape index (κ1) is 13.1. The first-order valence-electron chi connectivity index (χ1n) is 5.19. The summed E-state index contributed by atoms with van der Waals surface area (Å²) in [5.41, 5.74) is 6.59. The largest absolute Gasteiger partial charge is 0.351 e. The number of amides is 1. The number of hydrogen-bond donors (Lipinski definition) is 2. The number of hydrogen-bond acceptors (Lipinski definition) is 4. The lowest BCUT2D eigenvalue weighted by Crippen LogP contribution is -2.55. The maximum absolute atomic E-state index is 12.0. The van der Waals surface area contributed by atoms with Crippen molar-refractivity contribution in [3.8, 4) is 0 Å². The van der Waals surface area contributed by atoms with Gasteiger partial charge in [-0.3, -0.25) is 9.78 Å². The molecule has 1 aromatic rings. The van der Waals surface area contributed by atoms with Gasteiger partial charge in [0.25, 0.3) is 0 Å². The number of nitrogens with zero attached hydrogens (tertiary/aromatic N) is 1. The molecule has 0 aliphatic rings. The molecule has 0 saturated heterocycles.